The molecular formula is C18H11F6N7O2S. The highest BCUT2D eigenvalue weighted by molar-refractivity contribution is 7.15. The van der Waals surface area contributed by atoms with Crippen molar-refractivity contribution in [1.29, 1.82) is 0 Å². The molecule has 4 rings (SSSR count). The van der Waals surface area contributed by atoms with E-state index in [-0.39, 0.29) is 34.8 Å². The fraction of sp³-hybridized carbons (Fsp3) is 0.222. The minimum atomic E-state index is -4.79. The number of thiophene rings is 1. The van der Waals surface area contributed by atoms with E-state index in [9.17, 15) is 26.3 Å². The molecule has 34 heavy (non-hydrogen) atoms. The number of methoxy groups -OCH3 is 1. The van der Waals surface area contributed by atoms with Crippen molar-refractivity contribution in [3.63, 3.8) is 0 Å². The summed E-state index contributed by atoms with van der Waals surface area (Å²) in [6, 6.07) is 3.80. The normalized spacial score (nSPS) is 12.1. The number of hydrogen-bond acceptors (Lipinski definition) is 10. The van der Waals surface area contributed by atoms with Crippen LogP contribution in [0.15, 0.2) is 41.3 Å². The van der Waals surface area contributed by atoms with Crippen molar-refractivity contribution >= 4 is 23.0 Å². The molecule has 0 amide bonds. The van der Waals surface area contributed by atoms with Crippen LogP contribution >= 0.6 is 11.3 Å². The lowest BCUT2D eigenvalue weighted by atomic mass is 10.3. The molecule has 0 fully saturated rings. The quantitative estimate of drug-likeness (QED) is 0.345. The molecule has 16 heteroatoms. The van der Waals surface area contributed by atoms with Crippen molar-refractivity contribution in [1.82, 2.24) is 30.3 Å². The Labute approximate surface area is 190 Å². The summed E-state index contributed by atoms with van der Waals surface area (Å²) in [6.45, 7) is -0.0638. The number of hydrogen-bond donors (Lipinski definition) is 0. The summed E-state index contributed by atoms with van der Waals surface area (Å²) in [6.07, 6.45) is -6.34. The predicted octanol–water partition coefficient (Wildman–Crippen LogP) is 4.76. The Bertz CT molecular complexity index is 1270. The minimum absolute atomic E-state index is 0.0638. The lowest BCUT2D eigenvalue weighted by Crippen LogP contribution is -2.20. The highest BCUT2D eigenvalue weighted by Gasteiger charge is 2.38. The van der Waals surface area contributed by atoms with Gasteiger partial charge in [-0.1, -0.05) is 5.16 Å². The zero-order valence-electron chi connectivity index (χ0n) is 16.8. The maximum Gasteiger partial charge on any atom is 0.471 e. The second-order valence-corrected chi connectivity index (χ2v) is 7.66. The lowest BCUT2D eigenvalue weighted by molar-refractivity contribution is -0.159. The van der Waals surface area contributed by atoms with Gasteiger partial charge in [-0.25, -0.2) is 9.97 Å². The summed E-state index contributed by atoms with van der Waals surface area (Å²) in [4.78, 5) is 13.6. The summed E-state index contributed by atoms with van der Waals surface area (Å²) >= 11 is 1.01. The van der Waals surface area contributed by atoms with Crippen LogP contribution in [0.3, 0.4) is 0 Å². The van der Waals surface area contributed by atoms with Gasteiger partial charge in [0.25, 0.3) is 0 Å². The molecule has 9 nitrogen and oxygen atoms in total. The van der Waals surface area contributed by atoms with Gasteiger partial charge in [0.15, 0.2) is 11.6 Å². The molecule has 0 atom stereocenters. The molecule has 0 aromatic carbocycles. The van der Waals surface area contributed by atoms with Crippen molar-refractivity contribution in [3.05, 3.63) is 53.1 Å². The second kappa shape index (κ2) is 8.85. The molecule has 0 aliphatic carbocycles. The van der Waals surface area contributed by atoms with E-state index in [1.807, 2.05) is 0 Å². The summed E-state index contributed by atoms with van der Waals surface area (Å²) in [5, 5.41) is 10.5. The van der Waals surface area contributed by atoms with Gasteiger partial charge in [0.05, 0.1) is 42.7 Å². The first-order chi connectivity index (χ1) is 16.0. The van der Waals surface area contributed by atoms with E-state index in [0.717, 1.165) is 17.4 Å². The van der Waals surface area contributed by atoms with Gasteiger partial charge in [-0.3, -0.25) is 0 Å². The highest BCUT2D eigenvalue weighted by Crippen LogP contribution is 2.35. The standard InChI is InChI=1S/C18H11F6N7O2S/c1-32-14-7-25-13(6-26-14)31(12-4-9(5-27-29-12)17(19,20)21)8-10-2-3-11(34-10)15-28-16(33-30-15)18(22,23)24/h2-7H,8H2,1H3. The molecular weight excluding hydrogens is 492 g/mol. The molecule has 0 spiro atoms. The van der Waals surface area contributed by atoms with Gasteiger partial charge in [0, 0.05) is 4.88 Å². The van der Waals surface area contributed by atoms with Crippen LogP contribution in [0.2, 0.25) is 0 Å². The van der Waals surface area contributed by atoms with Crippen molar-refractivity contribution in [3.8, 4) is 16.6 Å². The van der Waals surface area contributed by atoms with Crippen molar-refractivity contribution < 1.29 is 35.6 Å². The van der Waals surface area contributed by atoms with E-state index in [4.69, 9.17) is 4.74 Å². The van der Waals surface area contributed by atoms with Crippen LogP contribution in [0, 0.1) is 0 Å². The molecule has 4 aromatic heterocycles. The zero-order chi connectivity index (χ0) is 24.5. The third-order valence-electron chi connectivity index (χ3n) is 4.21. The Balaban J connectivity index is 1.67. The fourth-order valence-corrected chi connectivity index (χ4v) is 3.58. The summed E-state index contributed by atoms with van der Waals surface area (Å²) in [5.74, 6) is -1.65. The van der Waals surface area contributed by atoms with Crippen LogP contribution in [-0.2, 0) is 18.9 Å². The monoisotopic (exact) mass is 503 g/mol. The third kappa shape index (κ3) is 5.05. The number of anilines is 2. The highest BCUT2D eigenvalue weighted by atomic mass is 32.1. The summed E-state index contributed by atoms with van der Waals surface area (Å²) < 4.78 is 87.0. The van der Waals surface area contributed by atoms with E-state index in [0.29, 0.717) is 11.1 Å². The largest absolute Gasteiger partial charge is 0.480 e. The van der Waals surface area contributed by atoms with Crippen molar-refractivity contribution in [2.24, 2.45) is 0 Å². The molecule has 0 saturated carbocycles. The molecule has 4 aromatic rings. The number of ether oxygens (including phenoxy) is 1. The molecule has 0 unspecified atom stereocenters. The number of aromatic nitrogens is 6. The molecule has 0 N–H and O–H groups in total. The van der Waals surface area contributed by atoms with Crippen LogP contribution in [-0.4, -0.2) is 37.4 Å². The SMILES string of the molecule is COc1cnc(N(Cc2ccc(-c3noc(C(F)(F)F)n3)s2)c2cc(C(F)(F)F)cnn2)cn1. The van der Waals surface area contributed by atoms with E-state index in [1.54, 1.807) is 6.07 Å². The molecule has 0 radical (unpaired) electrons. The van der Waals surface area contributed by atoms with Crippen LogP contribution in [0.5, 0.6) is 5.88 Å². The molecule has 0 aliphatic rings. The van der Waals surface area contributed by atoms with Gasteiger partial charge in [-0.15, -0.1) is 16.4 Å². The lowest BCUT2D eigenvalue weighted by Gasteiger charge is -2.22. The van der Waals surface area contributed by atoms with Crippen LogP contribution < -0.4 is 9.64 Å². The number of nitrogens with zero attached hydrogens (tertiary/aromatic N) is 7. The first-order valence-corrected chi connectivity index (χ1v) is 9.90. The van der Waals surface area contributed by atoms with E-state index < -0.39 is 23.8 Å². The Morgan fingerprint density at radius 3 is 2.41 bits per heavy atom. The first-order valence-electron chi connectivity index (χ1n) is 9.08. The maximum atomic E-state index is 13.2. The Morgan fingerprint density at radius 2 is 1.79 bits per heavy atom. The van der Waals surface area contributed by atoms with Gasteiger partial charge < -0.3 is 14.2 Å². The fourth-order valence-electron chi connectivity index (χ4n) is 2.65. The van der Waals surface area contributed by atoms with Crippen molar-refractivity contribution in [2.45, 2.75) is 18.9 Å². The minimum Gasteiger partial charge on any atom is -0.480 e. The topological polar surface area (TPSA) is 103 Å². The molecule has 0 aliphatic heterocycles. The third-order valence-corrected chi connectivity index (χ3v) is 5.28. The number of halogens is 6. The Morgan fingerprint density at radius 1 is 1.00 bits per heavy atom. The average Bonchev–Trinajstić information content (AvgIpc) is 3.47. The van der Waals surface area contributed by atoms with E-state index >= 15 is 0 Å². The number of alkyl halides is 6. The predicted molar refractivity (Wildman–Crippen MR) is 104 cm³/mol. The Kier molecular flexibility index (Phi) is 6.07. The van der Waals surface area contributed by atoms with Gasteiger partial charge in [0.2, 0.25) is 11.7 Å². The summed E-state index contributed by atoms with van der Waals surface area (Å²) in [7, 11) is 1.37. The second-order valence-electron chi connectivity index (χ2n) is 6.49. The Hall–Kier alpha value is -3.82. The average molecular weight is 503 g/mol. The van der Waals surface area contributed by atoms with Crippen LogP contribution in [0.25, 0.3) is 10.7 Å². The first kappa shape index (κ1) is 23.3. The summed E-state index contributed by atoms with van der Waals surface area (Å²) in [5.41, 5.74) is -1.03. The van der Waals surface area contributed by atoms with Gasteiger partial charge in [-0.05, 0) is 18.2 Å². The molecule has 0 bridgehead atoms. The molecule has 178 valence electrons. The van der Waals surface area contributed by atoms with Gasteiger partial charge in [0.1, 0.15) is 0 Å². The van der Waals surface area contributed by atoms with Crippen LogP contribution in [0.4, 0.5) is 38.0 Å². The van der Waals surface area contributed by atoms with E-state index in [1.165, 1.54) is 30.5 Å². The smallest absolute Gasteiger partial charge is 0.471 e. The molecule has 4 heterocycles. The maximum absolute atomic E-state index is 13.2. The molecule has 0 saturated heterocycles. The van der Waals surface area contributed by atoms with E-state index in [2.05, 4.69) is 34.8 Å². The van der Waals surface area contributed by atoms with Gasteiger partial charge in [-0.2, -0.15) is 36.4 Å². The van der Waals surface area contributed by atoms with Crippen LogP contribution in [0.1, 0.15) is 16.3 Å². The van der Waals surface area contributed by atoms with Crippen molar-refractivity contribution in [2.75, 3.05) is 12.0 Å². The number of rotatable bonds is 6. The van der Waals surface area contributed by atoms with Gasteiger partial charge >= 0.3 is 18.2 Å². The zero-order valence-corrected chi connectivity index (χ0v) is 17.6.